The number of ether oxygens (including phenoxy) is 1. The van der Waals surface area contributed by atoms with Gasteiger partial charge in [0.1, 0.15) is 6.61 Å². The lowest BCUT2D eigenvalue weighted by atomic mass is 10.0. The normalized spacial score (nSPS) is 13.3. The van der Waals surface area contributed by atoms with E-state index in [1.54, 1.807) is 0 Å². The molecule has 0 unspecified atom stereocenters. The Kier molecular flexibility index (Phi) is 7.90. The van der Waals surface area contributed by atoms with Gasteiger partial charge in [-0.1, -0.05) is 62.4 Å². The van der Waals surface area contributed by atoms with Gasteiger partial charge in [0.2, 0.25) is 0 Å². The fourth-order valence-electron chi connectivity index (χ4n) is 1.76. The molecule has 4 nitrogen and oxygen atoms in total. The molecule has 1 aromatic rings. The van der Waals surface area contributed by atoms with Crippen molar-refractivity contribution < 1.29 is 14.3 Å². The first-order valence-electron chi connectivity index (χ1n) is 7.13. The maximum Gasteiger partial charge on any atom is 0.407 e. The minimum Gasteiger partial charge on any atom is -0.445 e. The molecule has 0 heterocycles. The summed E-state index contributed by atoms with van der Waals surface area (Å²) in [5, 5.41) is 2.92. The summed E-state index contributed by atoms with van der Waals surface area (Å²) in [4.78, 5) is 22.9. The number of amides is 1. The predicted octanol–water partition coefficient (Wildman–Crippen LogP) is 3.61. The van der Waals surface area contributed by atoms with E-state index in [9.17, 15) is 9.59 Å². The van der Waals surface area contributed by atoms with Crippen molar-refractivity contribution in [2.45, 2.75) is 39.8 Å². The fourth-order valence-corrected chi connectivity index (χ4v) is 2.58. The van der Waals surface area contributed by atoms with Crippen LogP contribution in [-0.4, -0.2) is 23.0 Å². The van der Waals surface area contributed by atoms with Gasteiger partial charge in [-0.05, 0) is 11.5 Å². The van der Waals surface area contributed by atoms with E-state index in [0.29, 0.717) is 11.7 Å². The average Bonchev–Trinajstić information content (AvgIpc) is 2.49. The first kappa shape index (κ1) is 17.6. The number of carbonyl (C=O) groups is 2. The molecule has 0 aromatic heterocycles. The van der Waals surface area contributed by atoms with Gasteiger partial charge in [-0.15, -0.1) is 0 Å². The molecule has 1 amide bonds. The molecular formula is C16H23NO3S. The maximum absolute atomic E-state index is 11.9. The van der Waals surface area contributed by atoms with Gasteiger partial charge < -0.3 is 10.1 Å². The van der Waals surface area contributed by atoms with Gasteiger partial charge in [-0.3, -0.25) is 4.79 Å². The van der Waals surface area contributed by atoms with Crippen LogP contribution in [0.2, 0.25) is 0 Å². The summed E-state index contributed by atoms with van der Waals surface area (Å²) >= 11 is 1.23. The van der Waals surface area contributed by atoms with E-state index in [2.05, 4.69) is 19.2 Å². The van der Waals surface area contributed by atoms with Crippen LogP contribution in [0, 0.1) is 5.92 Å². The molecule has 1 aromatic carbocycles. The zero-order valence-electron chi connectivity index (χ0n) is 12.8. The Morgan fingerprint density at radius 2 is 1.95 bits per heavy atom. The molecule has 0 bridgehead atoms. The number of alkyl carbamates (subject to hydrolysis) is 1. The average molecular weight is 309 g/mol. The highest BCUT2D eigenvalue weighted by Crippen LogP contribution is 2.14. The number of benzene rings is 1. The van der Waals surface area contributed by atoms with Crippen LogP contribution in [0.1, 0.15) is 32.8 Å². The van der Waals surface area contributed by atoms with E-state index in [0.717, 1.165) is 12.0 Å². The Morgan fingerprint density at radius 1 is 1.29 bits per heavy atom. The third-order valence-electron chi connectivity index (χ3n) is 3.31. The Morgan fingerprint density at radius 3 is 2.52 bits per heavy atom. The minimum absolute atomic E-state index is 0.0581. The smallest absolute Gasteiger partial charge is 0.407 e. The molecule has 1 N–H and O–H groups in total. The first-order valence-corrected chi connectivity index (χ1v) is 8.12. The quantitative estimate of drug-likeness (QED) is 0.836. The fraction of sp³-hybridized carbons (Fsp3) is 0.500. The zero-order chi connectivity index (χ0) is 15.7. The summed E-state index contributed by atoms with van der Waals surface area (Å²) in [5.41, 5.74) is 0.950. The van der Waals surface area contributed by atoms with Gasteiger partial charge in [-0.2, -0.15) is 0 Å². The molecule has 0 fully saturated rings. The van der Waals surface area contributed by atoms with E-state index in [-0.39, 0.29) is 17.8 Å². The summed E-state index contributed by atoms with van der Waals surface area (Å²) in [7, 11) is 0. The van der Waals surface area contributed by atoms with E-state index in [1.807, 2.05) is 30.3 Å². The van der Waals surface area contributed by atoms with E-state index < -0.39 is 6.09 Å². The molecule has 5 heteroatoms. The topological polar surface area (TPSA) is 55.4 Å². The second-order valence-electron chi connectivity index (χ2n) is 5.00. The number of rotatable bonds is 7. The predicted molar refractivity (Wildman–Crippen MR) is 86.1 cm³/mol. The van der Waals surface area contributed by atoms with E-state index in [1.165, 1.54) is 18.7 Å². The Labute approximate surface area is 130 Å². The molecule has 0 saturated carbocycles. The lowest BCUT2D eigenvalue weighted by molar-refractivity contribution is -0.109. The van der Waals surface area contributed by atoms with Crippen molar-refractivity contribution in [3.05, 3.63) is 35.9 Å². The molecule has 0 aliphatic carbocycles. The van der Waals surface area contributed by atoms with Crippen LogP contribution < -0.4 is 5.32 Å². The number of nitrogens with one attached hydrogen (secondary N) is 1. The molecule has 1 rings (SSSR count). The monoisotopic (exact) mass is 309 g/mol. The Hall–Kier alpha value is -1.49. The number of hydrogen-bond acceptors (Lipinski definition) is 4. The molecule has 116 valence electrons. The van der Waals surface area contributed by atoms with Crippen molar-refractivity contribution in [1.82, 2.24) is 5.32 Å². The molecule has 0 spiro atoms. The van der Waals surface area contributed by atoms with Crippen LogP contribution in [0.4, 0.5) is 4.79 Å². The standard InChI is InChI=1S/C16H23NO3S/c1-4-12(2)15(11-21-13(3)18)17-16(19)20-10-14-8-6-5-7-9-14/h5-9,12,15H,4,10-11H2,1-3H3,(H,17,19)/t12-,15+/m0/s1. The Balaban J connectivity index is 2.45. The van der Waals surface area contributed by atoms with Crippen molar-refractivity contribution in [2.75, 3.05) is 5.75 Å². The van der Waals surface area contributed by atoms with E-state index in [4.69, 9.17) is 4.74 Å². The Bertz CT molecular complexity index is 450. The van der Waals surface area contributed by atoms with Crippen molar-refractivity contribution in [2.24, 2.45) is 5.92 Å². The van der Waals surface area contributed by atoms with Crippen molar-refractivity contribution >= 4 is 23.0 Å². The molecule has 2 atom stereocenters. The van der Waals surface area contributed by atoms with Gasteiger partial charge >= 0.3 is 6.09 Å². The van der Waals surface area contributed by atoms with Crippen molar-refractivity contribution in [3.8, 4) is 0 Å². The third kappa shape index (κ3) is 7.18. The lowest BCUT2D eigenvalue weighted by Gasteiger charge is -2.23. The van der Waals surface area contributed by atoms with Crippen molar-refractivity contribution in [1.29, 1.82) is 0 Å². The largest absolute Gasteiger partial charge is 0.445 e. The highest BCUT2D eigenvalue weighted by Gasteiger charge is 2.19. The van der Waals surface area contributed by atoms with E-state index >= 15 is 0 Å². The molecule has 0 aliphatic rings. The van der Waals surface area contributed by atoms with Gasteiger partial charge in [0.15, 0.2) is 5.12 Å². The van der Waals surface area contributed by atoms with Crippen LogP contribution >= 0.6 is 11.8 Å². The molecular weight excluding hydrogens is 286 g/mol. The van der Waals surface area contributed by atoms with Gasteiger partial charge in [0.05, 0.1) is 0 Å². The summed E-state index contributed by atoms with van der Waals surface area (Å²) in [5.74, 6) is 0.867. The van der Waals surface area contributed by atoms with Crippen LogP contribution in [0.3, 0.4) is 0 Å². The highest BCUT2D eigenvalue weighted by molar-refractivity contribution is 8.13. The molecule has 0 radical (unpaired) electrons. The van der Waals surface area contributed by atoms with Crippen molar-refractivity contribution in [3.63, 3.8) is 0 Å². The zero-order valence-corrected chi connectivity index (χ0v) is 13.6. The van der Waals surface area contributed by atoms with Crippen LogP contribution in [-0.2, 0) is 16.1 Å². The molecule has 0 aliphatic heterocycles. The summed E-state index contributed by atoms with van der Waals surface area (Å²) in [6.07, 6.45) is 0.496. The third-order valence-corrected chi connectivity index (χ3v) is 4.25. The van der Waals surface area contributed by atoms with Gasteiger partial charge in [0, 0.05) is 18.7 Å². The SMILES string of the molecule is CC[C@H](C)[C@@H](CSC(C)=O)NC(=O)OCc1ccccc1. The van der Waals surface area contributed by atoms with Crippen LogP contribution in [0.25, 0.3) is 0 Å². The maximum atomic E-state index is 11.9. The second-order valence-corrected chi connectivity index (χ2v) is 6.20. The van der Waals surface area contributed by atoms with Gasteiger partial charge in [-0.25, -0.2) is 4.79 Å². The first-order chi connectivity index (χ1) is 10.0. The number of carbonyl (C=O) groups excluding carboxylic acids is 2. The highest BCUT2D eigenvalue weighted by atomic mass is 32.2. The molecule has 21 heavy (non-hydrogen) atoms. The minimum atomic E-state index is -0.437. The second kappa shape index (κ2) is 9.45. The molecule has 0 saturated heterocycles. The number of hydrogen-bond donors (Lipinski definition) is 1. The summed E-state index contributed by atoms with van der Waals surface area (Å²) in [6.45, 7) is 5.90. The summed E-state index contributed by atoms with van der Waals surface area (Å²) in [6, 6.07) is 9.48. The lowest BCUT2D eigenvalue weighted by Crippen LogP contribution is -2.41. The van der Waals surface area contributed by atoms with Crippen LogP contribution in [0.15, 0.2) is 30.3 Å². The van der Waals surface area contributed by atoms with Gasteiger partial charge in [0.25, 0.3) is 0 Å². The summed E-state index contributed by atoms with van der Waals surface area (Å²) < 4.78 is 5.22. The number of thioether (sulfide) groups is 1. The van der Waals surface area contributed by atoms with Crippen LogP contribution in [0.5, 0.6) is 0 Å².